The molecule has 2 rings (SSSR count). The Hall–Kier alpha value is -2.39. The zero-order valence-electron chi connectivity index (χ0n) is 21.0. The van der Waals surface area contributed by atoms with E-state index < -0.39 is 16.1 Å². The van der Waals surface area contributed by atoms with Crippen molar-refractivity contribution >= 4 is 43.5 Å². The summed E-state index contributed by atoms with van der Waals surface area (Å²) >= 11 is 3.46. The van der Waals surface area contributed by atoms with Gasteiger partial charge in [-0.05, 0) is 56.0 Å². The summed E-state index contributed by atoms with van der Waals surface area (Å²) in [5.41, 5.74) is 2.36. The summed E-state index contributed by atoms with van der Waals surface area (Å²) < 4.78 is 27.2. The molecule has 2 aromatic rings. The van der Waals surface area contributed by atoms with Crippen LogP contribution in [0.2, 0.25) is 0 Å². The van der Waals surface area contributed by atoms with Gasteiger partial charge in [0.05, 0.1) is 11.9 Å². The van der Waals surface area contributed by atoms with Gasteiger partial charge in [0.25, 0.3) is 0 Å². The average Bonchev–Trinajstić information content (AvgIpc) is 2.80. The highest BCUT2D eigenvalue weighted by Crippen LogP contribution is 2.23. The highest BCUT2D eigenvalue weighted by molar-refractivity contribution is 9.10. The second-order valence-electron chi connectivity index (χ2n) is 8.70. The Morgan fingerprint density at radius 2 is 1.80 bits per heavy atom. The number of halogens is 1. The fraction of sp³-hybridized carbons (Fsp3) is 0.462. The summed E-state index contributed by atoms with van der Waals surface area (Å²) in [5, 5.41) is 2.91. The van der Waals surface area contributed by atoms with Gasteiger partial charge in [-0.2, -0.15) is 0 Å². The lowest BCUT2D eigenvalue weighted by Gasteiger charge is -2.29. The molecule has 0 saturated carbocycles. The third-order valence-electron chi connectivity index (χ3n) is 5.78. The van der Waals surface area contributed by atoms with Crippen LogP contribution in [0.15, 0.2) is 53.0 Å². The van der Waals surface area contributed by atoms with Crippen molar-refractivity contribution in [1.82, 2.24) is 10.2 Å². The Morgan fingerprint density at radius 3 is 2.43 bits per heavy atom. The van der Waals surface area contributed by atoms with E-state index in [1.807, 2.05) is 43.3 Å². The van der Waals surface area contributed by atoms with E-state index in [2.05, 4.69) is 28.2 Å². The molecular formula is C26H36BrN3O4S. The normalized spacial score (nSPS) is 12.1. The highest BCUT2D eigenvalue weighted by atomic mass is 79.9. The standard InChI is InChI=1S/C26H36BrN3O4S/c1-5-6-16-28-26(32)21(3)29(19-22-12-9-13-23(27)18-22)25(31)15-10-17-30(35(4,33)34)24-14-8-7-11-20(24)2/h7-9,11-14,18,21H,5-6,10,15-17,19H2,1-4H3,(H,28,32)/t21-/m1/s1. The number of carbonyl (C=O) groups is 2. The first kappa shape index (κ1) is 28.8. The van der Waals surface area contributed by atoms with Gasteiger partial charge in [-0.25, -0.2) is 8.42 Å². The summed E-state index contributed by atoms with van der Waals surface area (Å²) in [6.07, 6.45) is 3.47. The molecule has 2 amide bonds. The minimum Gasteiger partial charge on any atom is -0.354 e. The van der Waals surface area contributed by atoms with Crippen molar-refractivity contribution in [3.63, 3.8) is 0 Å². The number of anilines is 1. The van der Waals surface area contributed by atoms with E-state index in [9.17, 15) is 18.0 Å². The third kappa shape index (κ3) is 8.96. The van der Waals surface area contributed by atoms with Crippen LogP contribution in [-0.4, -0.2) is 50.5 Å². The molecule has 9 heteroatoms. The predicted octanol–water partition coefficient (Wildman–Crippen LogP) is 4.64. The van der Waals surface area contributed by atoms with E-state index >= 15 is 0 Å². The van der Waals surface area contributed by atoms with Crippen LogP contribution < -0.4 is 9.62 Å². The number of hydrogen-bond acceptors (Lipinski definition) is 4. The maximum Gasteiger partial charge on any atom is 0.242 e. The molecule has 2 aromatic carbocycles. The molecule has 192 valence electrons. The summed E-state index contributed by atoms with van der Waals surface area (Å²) in [4.78, 5) is 27.6. The molecule has 0 aromatic heterocycles. The van der Waals surface area contributed by atoms with E-state index in [1.165, 1.54) is 10.6 Å². The maximum atomic E-state index is 13.3. The summed E-state index contributed by atoms with van der Waals surface area (Å²) in [5.74, 6) is -0.388. The molecule has 0 spiro atoms. The van der Waals surface area contributed by atoms with Crippen molar-refractivity contribution in [2.24, 2.45) is 0 Å². The minimum atomic E-state index is -3.52. The average molecular weight is 567 g/mol. The second kappa shape index (κ2) is 13.6. The summed E-state index contributed by atoms with van der Waals surface area (Å²) in [7, 11) is -3.52. The first-order valence-corrected chi connectivity index (χ1v) is 14.5. The number of hydrogen-bond donors (Lipinski definition) is 1. The van der Waals surface area contributed by atoms with E-state index in [1.54, 1.807) is 24.0 Å². The van der Waals surface area contributed by atoms with Gasteiger partial charge in [0.15, 0.2) is 0 Å². The molecule has 7 nitrogen and oxygen atoms in total. The number of aryl methyl sites for hydroxylation is 1. The van der Waals surface area contributed by atoms with Crippen LogP contribution in [0.25, 0.3) is 0 Å². The van der Waals surface area contributed by atoms with Gasteiger partial charge in [0.2, 0.25) is 21.8 Å². The van der Waals surface area contributed by atoms with E-state index in [4.69, 9.17) is 0 Å². The first-order chi connectivity index (χ1) is 16.5. The number of sulfonamides is 1. The highest BCUT2D eigenvalue weighted by Gasteiger charge is 2.26. The van der Waals surface area contributed by atoms with E-state index in [0.29, 0.717) is 18.7 Å². The minimum absolute atomic E-state index is 0.123. The molecule has 0 heterocycles. The van der Waals surface area contributed by atoms with Crippen molar-refractivity contribution in [2.45, 2.75) is 59.0 Å². The molecule has 0 aliphatic carbocycles. The predicted molar refractivity (Wildman–Crippen MR) is 145 cm³/mol. The van der Waals surface area contributed by atoms with Crippen LogP contribution in [-0.2, 0) is 26.2 Å². The maximum absolute atomic E-state index is 13.3. The van der Waals surface area contributed by atoms with E-state index in [-0.39, 0.29) is 31.3 Å². The van der Waals surface area contributed by atoms with Gasteiger partial charge < -0.3 is 10.2 Å². The smallest absolute Gasteiger partial charge is 0.242 e. The summed E-state index contributed by atoms with van der Waals surface area (Å²) in [6, 6.07) is 14.3. The molecule has 0 bridgehead atoms. The number of nitrogens with zero attached hydrogens (tertiary/aromatic N) is 2. The molecule has 0 aliphatic heterocycles. The summed E-state index contributed by atoms with van der Waals surface area (Å²) in [6.45, 7) is 6.67. The number of unbranched alkanes of at least 4 members (excludes halogenated alkanes) is 1. The number of nitrogens with one attached hydrogen (secondary N) is 1. The lowest BCUT2D eigenvalue weighted by Crippen LogP contribution is -2.48. The zero-order chi connectivity index (χ0) is 26.0. The van der Waals surface area contributed by atoms with Gasteiger partial charge >= 0.3 is 0 Å². The largest absolute Gasteiger partial charge is 0.354 e. The first-order valence-electron chi connectivity index (χ1n) is 11.9. The second-order valence-corrected chi connectivity index (χ2v) is 11.5. The van der Waals surface area contributed by atoms with Crippen molar-refractivity contribution in [3.8, 4) is 0 Å². The Bertz CT molecular complexity index is 1110. The van der Waals surface area contributed by atoms with Crippen molar-refractivity contribution in [1.29, 1.82) is 0 Å². The SMILES string of the molecule is CCCCNC(=O)[C@@H](C)N(Cc1cccc(Br)c1)C(=O)CCCN(c1ccccc1C)S(C)(=O)=O. The van der Waals surface area contributed by atoms with Gasteiger partial charge in [-0.1, -0.05) is 59.6 Å². The monoisotopic (exact) mass is 565 g/mol. The molecule has 35 heavy (non-hydrogen) atoms. The van der Waals surface area contributed by atoms with Gasteiger partial charge in [0, 0.05) is 30.5 Å². The van der Waals surface area contributed by atoms with Crippen molar-refractivity contribution in [3.05, 3.63) is 64.1 Å². The molecular weight excluding hydrogens is 530 g/mol. The van der Waals surface area contributed by atoms with Crippen LogP contribution in [0.5, 0.6) is 0 Å². The fourth-order valence-corrected chi connectivity index (χ4v) is 5.25. The molecule has 1 N–H and O–H groups in total. The zero-order valence-corrected chi connectivity index (χ0v) is 23.4. The van der Waals surface area contributed by atoms with Crippen molar-refractivity contribution < 1.29 is 18.0 Å². The number of carbonyl (C=O) groups excluding carboxylic acids is 2. The number of rotatable bonds is 13. The molecule has 1 atom stereocenters. The lowest BCUT2D eigenvalue weighted by atomic mass is 10.1. The number of amides is 2. The van der Waals surface area contributed by atoms with Crippen molar-refractivity contribution in [2.75, 3.05) is 23.7 Å². The van der Waals surface area contributed by atoms with Crippen LogP contribution in [0.4, 0.5) is 5.69 Å². The molecule has 0 fully saturated rings. The molecule has 0 saturated heterocycles. The number of para-hydroxylation sites is 1. The number of benzene rings is 2. The molecule has 0 aliphatic rings. The fourth-order valence-electron chi connectivity index (χ4n) is 3.78. The van der Waals surface area contributed by atoms with E-state index in [0.717, 1.165) is 28.4 Å². The topological polar surface area (TPSA) is 86.8 Å². The Morgan fingerprint density at radius 1 is 1.09 bits per heavy atom. The third-order valence-corrected chi connectivity index (χ3v) is 7.45. The Kier molecular flexibility index (Phi) is 11.2. The van der Waals surface area contributed by atoms with Crippen LogP contribution in [0.3, 0.4) is 0 Å². The molecule has 0 radical (unpaired) electrons. The van der Waals surface area contributed by atoms with Gasteiger partial charge in [-0.3, -0.25) is 13.9 Å². The lowest BCUT2D eigenvalue weighted by molar-refractivity contribution is -0.140. The molecule has 0 unspecified atom stereocenters. The Labute approximate surface area is 218 Å². The van der Waals surface area contributed by atoms with Crippen LogP contribution in [0, 0.1) is 6.92 Å². The quantitative estimate of drug-likeness (QED) is 0.358. The van der Waals surface area contributed by atoms with Gasteiger partial charge in [-0.15, -0.1) is 0 Å². The Balaban J connectivity index is 2.15. The van der Waals surface area contributed by atoms with Gasteiger partial charge in [0.1, 0.15) is 6.04 Å². The van der Waals surface area contributed by atoms with Crippen LogP contribution in [0.1, 0.15) is 50.7 Å². The van der Waals surface area contributed by atoms with Crippen LogP contribution >= 0.6 is 15.9 Å².